The average molecular weight is 350 g/mol. The van der Waals surface area contributed by atoms with Gasteiger partial charge in [0.1, 0.15) is 0 Å². The van der Waals surface area contributed by atoms with Gasteiger partial charge in [0.2, 0.25) is 5.91 Å². The molecule has 0 aromatic carbocycles. The van der Waals surface area contributed by atoms with Gasteiger partial charge in [0.15, 0.2) is 10.1 Å². The van der Waals surface area contributed by atoms with E-state index in [1.165, 1.54) is 37.0 Å². The highest BCUT2D eigenvalue weighted by molar-refractivity contribution is 7.15. The van der Waals surface area contributed by atoms with Crippen molar-refractivity contribution in [1.82, 2.24) is 14.7 Å². The Balaban J connectivity index is 1.41. The Kier molecular flexibility index (Phi) is 3.93. The predicted octanol–water partition coefficient (Wildman–Crippen LogP) is 4.00. The van der Waals surface area contributed by atoms with Crippen molar-refractivity contribution in [3.8, 4) is 0 Å². The zero-order valence-electron chi connectivity index (χ0n) is 13.0. The van der Waals surface area contributed by atoms with Gasteiger partial charge in [-0.05, 0) is 50.0 Å². The van der Waals surface area contributed by atoms with Crippen LogP contribution >= 0.6 is 22.9 Å². The summed E-state index contributed by atoms with van der Waals surface area (Å²) in [6, 6.07) is 0.240. The van der Waals surface area contributed by atoms with Crippen molar-refractivity contribution in [3.63, 3.8) is 0 Å². The molecule has 4 atom stereocenters. The van der Waals surface area contributed by atoms with Crippen LogP contribution in [0.4, 0.5) is 0 Å². The Morgan fingerprint density at radius 3 is 3.13 bits per heavy atom. The number of fused-ring (bicyclic) bond motifs is 3. The Morgan fingerprint density at radius 1 is 1.52 bits per heavy atom. The highest BCUT2D eigenvalue weighted by atomic mass is 35.5. The van der Waals surface area contributed by atoms with Gasteiger partial charge in [-0.1, -0.05) is 18.0 Å². The summed E-state index contributed by atoms with van der Waals surface area (Å²) in [5, 5.41) is 5.52. The van der Waals surface area contributed by atoms with Crippen molar-refractivity contribution in [2.45, 2.75) is 38.6 Å². The third kappa shape index (κ3) is 2.81. The van der Waals surface area contributed by atoms with Crippen molar-refractivity contribution in [3.05, 3.63) is 28.5 Å². The monoisotopic (exact) mass is 349 g/mol. The van der Waals surface area contributed by atoms with Crippen LogP contribution in [0.5, 0.6) is 0 Å². The molecule has 1 N–H and O–H groups in total. The summed E-state index contributed by atoms with van der Waals surface area (Å²) in [4.78, 5) is 17.3. The molecule has 23 heavy (non-hydrogen) atoms. The molecule has 4 rings (SSSR count). The molecule has 2 bridgehead atoms. The number of halogens is 1. The molecule has 2 heterocycles. The lowest BCUT2D eigenvalue weighted by Gasteiger charge is -2.28. The number of carbonyl (C=O) groups is 1. The lowest BCUT2D eigenvalue weighted by atomic mass is 9.84. The molecule has 2 aliphatic rings. The number of aromatic nitrogens is 2. The Bertz CT molecular complexity index is 765. The lowest BCUT2D eigenvalue weighted by molar-refractivity contribution is -0.117. The number of carbonyl (C=O) groups excluding carboxylic acids is 1. The van der Waals surface area contributed by atoms with Crippen LogP contribution in [0.15, 0.2) is 17.7 Å². The first-order valence-corrected chi connectivity index (χ1v) is 9.47. The highest BCUT2D eigenvalue weighted by Gasteiger charge is 2.41. The van der Waals surface area contributed by atoms with Gasteiger partial charge in [0.05, 0.1) is 5.69 Å². The standard InChI is InChI=1S/C17H20ClN3OS/c1-10(13-9-11-2-3-12(13)8-11)19-15(22)5-4-14-16(18)20-17-21(14)6-7-23-17/h4-7,10-13H,2-3,8-9H2,1H3,(H,19,22). The Morgan fingerprint density at radius 2 is 2.39 bits per heavy atom. The number of hydrogen-bond acceptors (Lipinski definition) is 3. The largest absolute Gasteiger partial charge is 0.350 e. The van der Waals surface area contributed by atoms with Gasteiger partial charge in [-0.25, -0.2) is 4.98 Å². The minimum Gasteiger partial charge on any atom is -0.350 e. The Labute approximate surface area is 144 Å². The maximum absolute atomic E-state index is 12.2. The molecule has 2 aliphatic carbocycles. The summed E-state index contributed by atoms with van der Waals surface area (Å²) in [5.41, 5.74) is 0.755. The maximum Gasteiger partial charge on any atom is 0.244 e. The number of thiazole rings is 1. The predicted molar refractivity (Wildman–Crippen MR) is 93.7 cm³/mol. The van der Waals surface area contributed by atoms with Crippen molar-refractivity contribution >= 4 is 39.9 Å². The van der Waals surface area contributed by atoms with E-state index in [0.29, 0.717) is 11.1 Å². The molecular formula is C17H20ClN3OS. The van der Waals surface area contributed by atoms with Crippen LogP contribution in [0, 0.1) is 17.8 Å². The number of hydrogen-bond donors (Lipinski definition) is 1. The van der Waals surface area contributed by atoms with Crippen LogP contribution in [0.1, 0.15) is 38.3 Å². The van der Waals surface area contributed by atoms with Crippen LogP contribution in [-0.4, -0.2) is 21.3 Å². The van der Waals surface area contributed by atoms with Crippen molar-refractivity contribution < 1.29 is 4.79 Å². The van der Waals surface area contributed by atoms with E-state index in [9.17, 15) is 4.79 Å². The van der Waals surface area contributed by atoms with Gasteiger partial charge in [0, 0.05) is 23.7 Å². The quantitative estimate of drug-likeness (QED) is 0.848. The molecule has 0 spiro atoms. The lowest BCUT2D eigenvalue weighted by Crippen LogP contribution is -2.39. The molecule has 0 radical (unpaired) electrons. The Hall–Kier alpha value is -1.33. The van der Waals surface area contributed by atoms with Crippen LogP contribution in [-0.2, 0) is 4.79 Å². The minimum absolute atomic E-state index is 0.0541. The SMILES string of the molecule is CC(NC(=O)C=Cc1c(Cl)nc2sccn12)C1CC2CCC1C2. The third-order valence-corrected chi connectivity index (χ3v) is 6.49. The van der Waals surface area contributed by atoms with Crippen LogP contribution < -0.4 is 5.32 Å². The van der Waals surface area contributed by atoms with Crippen molar-refractivity contribution in [2.75, 3.05) is 0 Å². The third-order valence-electron chi connectivity index (χ3n) is 5.45. The molecule has 4 unspecified atom stereocenters. The second kappa shape index (κ2) is 5.95. The van der Waals surface area contributed by atoms with E-state index < -0.39 is 0 Å². The van der Waals surface area contributed by atoms with Gasteiger partial charge in [0.25, 0.3) is 0 Å². The molecular weight excluding hydrogens is 330 g/mol. The zero-order chi connectivity index (χ0) is 16.0. The van der Waals surface area contributed by atoms with Crippen molar-refractivity contribution in [1.29, 1.82) is 0 Å². The van der Waals surface area contributed by atoms with E-state index in [1.54, 1.807) is 12.2 Å². The van der Waals surface area contributed by atoms with E-state index in [4.69, 9.17) is 11.6 Å². The summed E-state index contributed by atoms with van der Waals surface area (Å²) in [6.07, 6.45) is 10.6. The fraction of sp³-hybridized carbons (Fsp3) is 0.529. The first-order chi connectivity index (χ1) is 11.1. The molecule has 2 fully saturated rings. The van der Waals surface area contributed by atoms with Crippen LogP contribution in [0.3, 0.4) is 0 Å². The zero-order valence-corrected chi connectivity index (χ0v) is 14.6. The molecule has 0 aliphatic heterocycles. The van der Waals surface area contributed by atoms with Crippen LogP contribution in [0.25, 0.3) is 11.0 Å². The van der Waals surface area contributed by atoms with E-state index in [0.717, 1.165) is 22.5 Å². The average Bonchev–Trinajstić information content (AvgIpc) is 3.26. The molecule has 2 saturated carbocycles. The molecule has 6 heteroatoms. The van der Waals surface area contributed by atoms with Crippen molar-refractivity contribution in [2.24, 2.45) is 17.8 Å². The molecule has 122 valence electrons. The number of rotatable bonds is 4. The van der Waals surface area contributed by atoms with E-state index in [1.807, 2.05) is 16.0 Å². The topological polar surface area (TPSA) is 46.4 Å². The maximum atomic E-state index is 12.2. The van der Waals surface area contributed by atoms with Gasteiger partial charge in [-0.15, -0.1) is 11.3 Å². The summed E-state index contributed by atoms with van der Waals surface area (Å²) < 4.78 is 1.90. The van der Waals surface area contributed by atoms with E-state index in [2.05, 4.69) is 17.2 Å². The van der Waals surface area contributed by atoms with Crippen LogP contribution in [0.2, 0.25) is 5.15 Å². The molecule has 4 nitrogen and oxygen atoms in total. The normalized spacial score (nSPS) is 28.0. The second-order valence-electron chi connectivity index (χ2n) is 6.81. The fourth-order valence-corrected chi connectivity index (χ4v) is 5.37. The van der Waals surface area contributed by atoms with Gasteiger partial charge in [-0.2, -0.15) is 0 Å². The van der Waals surface area contributed by atoms with E-state index in [-0.39, 0.29) is 11.9 Å². The van der Waals surface area contributed by atoms with E-state index >= 15 is 0 Å². The summed E-state index contributed by atoms with van der Waals surface area (Å²) in [6.45, 7) is 2.14. The number of imidazole rings is 1. The minimum atomic E-state index is -0.0541. The summed E-state index contributed by atoms with van der Waals surface area (Å²) in [7, 11) is 0. The number of nitrogens with one attached hydrogen (secondary N) is 1. The fourth-order valence-electron chi connectivity index (χ4n) is 4.37. The van der Waals surface area contributed by atoms with Gasteiger partial charge in [-0.3, -0.25) is 9.20 Å². The second-order valence-corrected chi connectivity index (χ2v) is 8.04. The summed E-state index contributed by atoms with van der Waals surface area (Å²) >= 11 is 7.66. The highest BCUT2D eigenvalue weighted by Crippen LogP contribution is 2.49. The van der Waals surface area contributed by atoms with Gasteiger partial charge >= 0.3 is 0 Å². The molecule has 2 aromatic rings. The number of nitrogens with zero attached hydrogens (tertiary/aromatic N) is 2. The molecule has 1 amide bonds. The molecule has 0 saturated heterocycles. The first kappa shape index (κ1) is 15.2. The number of amides is 1. The smallest absolute Gasteiger partial charge is 0.244 e. The molecule has 2 aromatic heterocycles. The summed E-state index contributed by atoms with van der Waals surface area (Å²) in [5.74, 6) is 2.31. The van der Waals surface area contributed by atoms with Gasteiger partial charge < -0.3 is 5.32 Å². The first-order valence-electron chi connectivity index (χ1n) is 8.21.